The molecule has 3 aromatic rings. The Bertz CT molecular complexity index is 933. The predicted molar refractivity (Wildman–Crippen MR) is 106 cm³/mol. The summed E-state index contributed by atoms with van der Waals surface area (Å²) in [4.78, 5) is 22.3. The molecule has 28 heavy (non-hydrogen) atoms. The van der Waals surface area contributed by atoms with E-state index in [0.717, 1.165) is 11.9 Å². The van der Waals surface area contributed by atoms with Gasteiger partial charge in [-0.05, 0) is 24.3 Å². The second-order valence-electron chi connectivity index (χ2n) is 5.03. The minimum Gasteiger partial charge on any atom is -0.480 e. The number of ether oxygens (including phenoxy) is 2. The van der Waals surface area contributed by atoms with Gasteiger partial charge in [-0.25, -0.2) is 19.7 Å². The monoisotopic (exact) mass is 422 g/mol. The Morgan fingerprint density at radius 3 is 2.61 bits per heavy atom. The van der Waals surface area contributed by atoms with Crippen LogP contribution >= 0.6 is 23.2 Å². The van der Waals surface area contributed by atoms with Gasteiger partial charge in [-0.3, -0.25) is 0 Å². The van der Waals surface area contributed by atoms with Gasteiger partial charge in [0.2, 0.25) is 11.8 Å². The number of rotatable bonds is 5. The number of carbonyl (C=O) groups is 1. The Labute approximate surface area is 171 Å². The zero-order valence-electron chi connectivity index (χ0n) is 14.9. The highest BCUT2D eigenvalue weighted by Gasteiger charge is 2.15. The summed E-state index contributed by atoms with van der Waals surface area (Å²) in [7, 11) is 3.43. The molecule has 10 heteroatoms. The Hall–Kier alpha value is -3.10. The number of aromatic carboxylic acids is 1. The van der Waals surface area contributed by atoms with Crippen LogP contribution in [0.4, 0.5) is 5.69 Å². The van der Waals surface area contributed by atoms with Crippen molar-refractivity contribution in [1.29, 1.82) is 0 Å². The summed E-state index contributed by atoms with van der Waals surface area (Å²) in [6.07, 6.45) is 4.02. The number of benzene rings is 1. The zero-order valence-corrected chi connectivity index (χ0v) is 16.4. The first kappa shape index (κ1) is 21.2. The summed E-state index contributed by atoms with van der Waals surface area (Å²) in [5, 5.41) is 12.6. The number of halogens is 2. The lowest BCUT2D eigenvalue weighted by molar-refractivity contribution is 0.0693. The van der Waals surface area contributed by atoms with E-state index in [1.54, 1.807) is 25.4 Å². The highest BCUT2D eigenvalue weighted by atomic mass is 35.5. The van der Waals surface area contributed by atoms with Crippen molar-refractivity contribution in [3.63, 3.8) is 0 Å². The van der Waals surface area contributed by atoms with E-state index < -0.39 is 5.97 Å². The van der Waals surface area contributed by atoms with Crippen molar-refractivity contribution in [3.8, 4) is 17.5 Å². The van der Waals surface area contributed by atoms with Gasteiger partial charge in [0.05, 0.1) is 17.8 Å². The van der Waals surface area contributed by atoms with Gasteiger partial charge in [-0.2, -0.15) is 0 Å². The normalized spacial score (nSPS) is 9.71. The highest BCUT2D eigenvalue weighted by molar-refractivity contribution is 6.34. The molecule has 2 heterocycles. The molecule has 3 rings (SSSR count). The first-order valence-electron chi connectivity index (χ1n) is 7.79. The largest absolute Gasteiger partial charge is 0.480 e. The van der Waals surface area contributed by atoms with Gasteiger partial charge in [0, 0.05) is 30.5 Å². The standard InChI is InChI=1S/C11H6Cl2N2O3.C7H10N2O/c12-6-1-2-8(13)9(3-6)18-10-7(11(16)17)4-14-5-15-10;1-8-6-4-3-5-9-7(6)10-2/h1-5H,(H,16,17);3-5,8H,1-2H3. The SMILES string of the molecule is CNc1cccnc1OC.O=C(O)c1cncnc1Oc1cc(Cl)ccc1Cl. The summed E-state index contributed by atoms with van der Waals surface area (Å²) in [6.45, 7) is 0. The van der Waals surface area contributed by atoms with Crippen LogP contribution in [0.5, 0.6) is 17.5 Å². The molecule has 0 saturated carbocycles. The van der Waals surface area contributed by atoms with Crippen LogP contribution in [0.1, 0.15) is 10.4 Å². The Kier molecular flexibility index (Phi) is 7.79. The van der Waals surface area contributed by atoms with Crippen molar-refractivity contribution < 1.29 is 19.4 Å². The van der Waals surface area contributed by atoms with Gasteiger partial charge in [0.1, 0.15) is 17.6 Å². The van der Waals surface area contributed by atoms with Gasteiger partial charge < -0.3 is 19.9 Å². The summed E-state index contributed by atoms with van der Waals surface area (Å²) in [6, 6.07) is 8.37. The number of nitrogens with one attached hydrogen (secondary N) is 1. The maximum Gasteiger partial charge on any atom is 0.342 e. The fraction of sp³-hybridized carbons (Fsp3) is 0.111. The fourth-order valence-corrected chi connectivity index (χ4v) is 2.27. The molecule has 146 valence electrons. The molecular formula is C18H16Cl2N4O4. The number of hydrogen-bond donors (Lipinski definition) is 2. The third-order valence-electron chi connectivity index (χ3n) is 3.24. The van der Waals surface area contributed by atoms with E-state index in [1.807, 2.05) is 19.2 Å². The van der Waals surface area contributed by atoms with Gasteiger partial charge in [-0.1, -0.05) is 23.2 Å². The first-order valence-corrected chi connectivity index (χ1v) is 8.54. The predicted octanol–water partition coefficient (Wildman–Crippen LogP) is 4.41. The second kappa shape index (κ2) is 10.3. The van der Waals surface area contributed by atoms with Crippen molar-refractivity contribution in [2.45, 2.75) is 0 Å². The maximum absolute atomic E-state index is 10.9. The van der Waals surface area contributed by atoms with E-state index in [1.165, 1.54) is 12.4 Å². The number of methoxy groups -OCH3 is 1. The van der Waals surface area contributed by atoms with Crippen molar-refractivity contribution in [2.24, 2.45) is 0 Å². The number of carboxylic acid groups (broad SMARTS) is 1. The third-order valence-corrected chi connectivity index (χ3v) is 3.79. The van der Waals surface area contributed by atoms with E-state index in [0.29, 0.717) is 15.9 Å². The van der Waals surface area contributed by atoms with Crippen molar-refractivity contribution >= 4 is 34.9 Å². The average molecular weight is 423 g/mol. The molecule has 0 saturated heterocycles. The van der Waals surface area contributed by atoms with Crippen molar-refractivity contribution in [2.75, 3.05) is 19.5 Å². The zero-order chi connectivity index (χ0) is 20.5. The molecule has 0 aliphatic heterocycles. The third kappa shape index (κ3) is 5.70. The van der Waals surface area contributed by atoms with Gasteiger partial charge in [-0.15, -0.1) is 0 Å². The van der Waals surface area contributed by atoms with Crippen molar-refractivity contribution in [1.82, 2.24) is 15.0 Å². The lowest BCUT2D eigenvalue weighted by Gasteiger charge is -2.08. The number of hydrogen-bond acceptors (Lipinski definition) is 7. The van der Waals surface area contributed by atoms with Crippen LogP contribution in [0.15, 0.2) is 49.1 Å². The van der Waals surface area contributed by atoms with Crippen LogP contribution < -0.4 is 14.8 Å². The first-order chi connectivity index (χ1) is 13.5. The van der Waals surface area contributed by atoms with E-state index >= 15 is 0 Å². The Morgan fingerprint density at radius 1 is 1.18 bits per heavy atom. The van der Waals surface area contributed by atoms with Gasteiger partial charge >= 0.3 is 5.97 Å². The van der Waals surface area contributed by atoms with Crippen LogP contribution in [-0.2, 0) is 0 Å². The molecule has 0 atom stereocenters. The average Bonchev–Trinajstić information content (AvgIpc) is 2.71. The van der Waals surface area contributed by atoms with Crippen molar-refractivity contribution in [3.05, 3.63) is 64.7 Å². The molecule has 0 spiro atoms. The number of anilines is 1. The highest BCUT2D eigenvalue weighted by Crippen LogP contribution is 2.32. The van der Waals surface area contributed by atoms with Crippen LogP contribution in [0.25, 0.3) is 0 Å². The summed E-state index contributed by atoms with van der Waals surface area (Å²) in [5.74, 6) is -0.430. The fourth-order valence-electron chi connectivity index (χ4n) is 1.95. The Morgan fingerprint density at radius 2 is 1.96 bits per heavy atom. The lowest BCUT2D eigenvalue weighted by atomic mass is 10.3. The smallest absolute Gasteiger partial charge is 0.342 e. The number of pyridine rings is 1. The molecule has 0 aliphatic carbocycles. The maximum atomic E-state index is 10.9. The van der Waals surface area contributed by atoms with Crippen LogP contribution in [0.2, 0.25) is 10.0 Å². The molecule has 2 aromatic heterocycles. The molecule has 1 aromatic carbocycles. The van der Waals surface area contributed by atoms with E-state index in [9.17, 15) is 4.79 Å². The van der Waals surface area contributed by atoms with E-state index in [-0.39, 0.29) is 17.2 Å². The van der Waals surface area contributed by atoms with Crippen LogP contribution in [-0.4, -0.2) is 40.2 Å². The summed E-state index contributed by atoms with van der Waals surface area (Å²) in [5.41, 5.74) is 0.749. The van der Waals surface area contributed by atoms with Gasteiger partial charge in [0.25, 0.3) is 0 Å². The quantitative estimate of drug-likeness (QED) is 0.622. The molecule has 0 aliphatic rings. The van der Waals surface area contributed by atoms with Crippen LogP contribution in [0.3, 0.4) is 0 Å². The molecule has 0 fully saturated rings. The number of nitrogens with zero attached hydrogens (tertiary/aromatic N) is 3. The Balaban J connectivity index is 0.000000237. The van der Waals surface area contributed by atoms with Gasteiger partial charge in [0.15, 0.2) is 0 Å². The van der Waals surface area contributed by atoms with Crippen LogP contribution in [0, 0.1) is 0 Å². The molecule has 0 unspecified atom stereocenters. The molecule has 8 nitrogen and oxygen atoms in total. The molecular weight excluding hydrogens is 407 g/mol. The topological polar surface area (TPSA) is 106 Å². The minimum atomic E-state index is -1.19. The summed E-state index contributed by atoms with van der Waals surface area (Å²) >= 11 is 11.7. The van der Waals surface area contributed by atoms with E-state index in [2.05, 4.69) is 20.3 Å². The second-order valence-corrected chi connectivity index (χ2v) is 5.88. The van der Waals surface area contributed by atoms with E-state index in [4.69, 9.17) is 37.8 Å². The number of aromatic nitrogens is 3. The number of carboxylic acids is 1. The lowest BCUT2D eigenvalue weighted by Crippen LogP contribution is -2.02. The molecule has 0 amide bonds. The minimum absolute atomic E-state index is 0.0957. The molecule has 2 N–H and O–H groups in total. The molecule has 0 bridgehead atoms. The molecule has 0 radical (unpaired) electrons. The summed E-state index contributed by atoms with van der Waals surface area (Å²) < 4.78 is 10.3.